The van der Waals surface area contributed by atoms with Crippen LogP contribution in [0.5, 0.6) is 0 Å². The van der Waals surface area contributed by atoms with Crippen molar-refractivity contribution in [3.63, 3.8) is 0 Å². The Kier molecular flexibility index (Phi) is 5.10. The summed E-state index contributed by atoms with van der Waals surface area (Å²) in [4.78, 5) is 22.3. The van der Waals surface area contributed by atoms with Gasteiger partial charge >= 0.3 is 12.0 Å². The molecule has 0 aliphatic rings. The van der Waals surface area contributed by atoms with E-state index < -0.39 is 23.9 Å². The second-order valence-corrected chi connectivity index (χ2v) is 3.76. The number of halogens is 1. The van der Waals surface area contributed by atoms with E-state index in [0.29, 0.717) is 12.8 Å². The maximum absolute atomic E-state index is 13.2. The minimum Gasteiger partial charge on any atom is -0.480 e. The Morgan fingerprint density at radius 1 is 1.39 bits per heavy atom. The number of carboxylic acid groups (broad SMARTS) is 1. The minimum absolute atomic E-state index is 0.00985. The molecule has 0 bridgehead atoms. The van der Waals surface area contributed by atoms with Gasteiger partial charge in [-0.3, -0.25) is 0 Å². The summed E-state index contributed by atoms with van der Waals surface area (Å²) in [6, 6.07) is 3.96. The minimum atomic E-state index is -1.11. The molecule has 1 unspecified atom stereocenters. The summed E-state index contributed by atoms with van der Waals surface area (Å²) in [7, 11) is 0. The first-order chi connectivity index (χ1) is 8.54. The number of carboxylic acids is 1. The third kappa shape index (κ3) is 4.04. The highest BCUT2D eigenvalue weighted by atomic mass is 19.1. The number of carbonyl (C=O) groups excluding carboxylic acids is 1. The van der Waals surface area contributed by atoms with Gasteiger partial charge in [-0.15, -0.1) is 0 Å². The standard InChI is InChI=1S/C12H15FN2O3/c1-2-5-10(11(16)17)15-12(18)14-9-7-4-3-6-8(9)13/h3-4,6-7,10H,2,5H2,1H3,(H,16,17)(H2,14,15,18). The molecule has 0 aromatic heterocycles. The highest BCUT2D eigenvalue weighted by molar-refractivity contribution is 5.92. The first kappa shape index (κ1) is 14.0. The molecule has 0 spiro atoms. The van der Waals surface area contributed by atoms with Gasteiger partial charge in [0.25, 0.3) is 0 Å². The van der Waals surface area contributed by atoms with Crippen LogP contribution in [0.15, 0.2) is 24.3 Å². The zero-order valence-electron chi connectivity index (χ0n) is 9.94. The molecule has 18 heavy (non-hydrogen) atoms. The molecule has 0 aliphatic carbocycles. The molecule has 0 saturated carbocycles. The van der Waals surface area contributed by atoms with Gasteiger partial charge in [0.1, 0.15) is 11.9 Å². The van der Waals surface area contributed by atoms with Gasteiger partial charge < -0.3 is 15.7 Å². The van der Waals surface area contributed by atoms with Gasteiger partial charge in [0.05, 0.1) is 5.69 Å². The van der Waals surface area contributed by atoms with E-state index in [1.165, 1.54) is 18.2 Å². The lowest BCUT2D eigenvalue weighted by Crippen LogP contribution is -2.43. The summed E-state index contributed by atoms with van der Waals surface area (Å²) in [5.41, 5.74) is 0.00985. The summed E-state index contributed by atoms with van der Waals surface area (Å²) in [6.45, 7) is 1.81. The molecule has 1 rings (SSSR count). The summed E-state index contributed by atoms with van der Waals surface area (Å²) < 4.78 is 13.2. The van der Waals surface area contributed by atoms with Crippen molar-refractivity contribution in [2.45, 2.75) is 25.8 Å². The van der Waals surface area contributed by atoms with E-state index in [1.807, 2.05) is 6.92 Å². The summed E-state index contributed by atoms with van der Waals surface area (Å²) in [5.74, 6) is -1.68. The van der Waals surface area contributed by atoms with Crippen LogP contribution in [-0.2, 0) is 4.79 Å². The first-order valence-corrected chi connectivity index (χ1v) is 5.59. The topological polar surface area (TPSA) is 78.4 Å². The second-order valence-electron chi connectivity index (χ2n) is 3.76. The van der Waals surface area contributed by atoms with E-state index in [-0.39, 0.29) is 5.69 Å². The normalized spacial score (nSPS) is 11.7. The van der Waals surface area contributed by atoms with E-state index in [9.17, 15) is 14.0 Å². The summed E-state index contributed by atoms with van der Waals surface area (Å²) in [5, 5.41) is 13.4. The average molecular weight is 254 g/mol. The quantitative estimate of drug-likeness (QED) is 0.753. The number of hydrogen-bond acceptors (Lipinski definition) is 2. The molecule has 0 radical (unpaired) electrons. The lowest BCUT2D eigenvalue weighted by molar-refractivity contribution is -0.139. The van der Waals surface area contributed by atoms with Crippen LogP contribution in [0.1, 0.15) is 19.8 Å². The van der Waals surface area contributed by atoms with Crippen LogP contribution in [0, 0.1) is 5.82 Å². The van der Waals surface area contributed by atoms with E-state index in [2.05, 4.69) is 10.6 Å². The largest absolute Gasteiger partial charge is 0.480 e. The van der Waals surface area contributed by atoms with Crippen LogP contribution < -0.4 is 10.6 Å². The van der Waals surface area contributed by atoms with Gasteiger partial charge in [-0.1, -0.05) is 25.5 Å². The molecule has 3 N–H and O–H groups in total. The molecule has 0 aliphatic heterocycles. The van der Waals surface area contributed by atoms with Crippen LogP contribution in [0.2, 0.25) is 0 Å². The Labute approximate surface area is 104 Å². The Bertz CT molecular complexity index is 437. The fourth-order valence-electron chi connectivity index (χ4n) is 1.43. The number of rotatable bonds is 5. The van der Waals surface area contributed by atoms with Gasteiger partial charge in [0.2, 0.25) is 0 Å². The first-order valence-electron chi connectivity index (χ1n) is 5.59. The lowest BCUT2D eigenvalue weighted by Gasteiger charge is -2.14. The molecule has 5 nitrogen and oxygen atoms in total. The molecule has 0 fully saturated rings. The number of amides is 2. The fraction of sp³-hybridized carbons (Fsp3) is 0.333. The number of benzene rings is 1. The van der Waals surface area contributed by atoms with Crippen LogP contribution in [0.4, 0.5) is 14.9 Å². The van der Waals surface area contributed by atoms with Gasteiger partial charge in [-0.2, -0.15) is 0 Å². The third-order valence-corrected chi connectivity index (χ3v) is 2.30. The molecule has 1 atom stereocenters. The monoisotopic (exact) mass is 254 g/mol. The summed E-state index contributed by atoms with van der Waals surface area (Å²) in [6.07, 6.45) is 0.941. The number of aliphatic carboxylic acids is 1. The van der Waals surface area contributed by atoms with Crippen LogP contribution in [0.3, 0.4) is 0 Å². The van der Waals surface area contributed by atoms with Crippen molar-refractivity contribution in [2.24, 2.45) is 0 Å². The molecule has 0 heterocycles. The number of urea groups is 1. The number of para-hydroxylation sites is 1. The third-order valence-electron chi connectivity index (χ3n) is 2.30. The Balaban J connectivity index is 2.61. The molecule has 1 aromatic carbocycles. The number of nitrogens with one attached hydrogen (secondary N) is 2. The van der Waals surface area contributed by atoms with Crippen molar-refractivity contribution in [3.05, 3.63) is 30.1 Å². The number of anilines is 1. The van der Waals surface area contributed by atoms with Crippen molar-refractivity contribution < 1.29 is 19.1 Å². The molecule has 98 valence electrons. The molecule has 1 aromatic rings. The van der Waals surface area contributed by atoms with Crippen molar-refractivity contribution in [1.29, 1.82) is 0 Å². The summed E-state index contributed by atoms with van der Waals surface area (Å²) >= 11 is 0. The van der Waals surface area contributed by atoms with Crippen molar-refractivity contribution >= 4 is 17.7 Å². The second kappa shape index (κ2) is 6.58. The van der Waals surface area contributed by atoms with Gasteiger partial charge in [0.15, 0.2) is 0 Å². The van der Waals surface area contributed by atoms with Crippen molar-refractivity contribution in [1.82, 2.24) is 5.32 Å². The van der Waals surface area contributed by atoms with E-state index in [4.69, 9.17) is 5.11 Å². The van der Waals surface area contributed by atoms with Gasteiger partial charge in [-0.25, -0.2) is 14.0 Å². The number of hydrogen-bond donors (Lipinski definition) is 3. The maximum Gasteiger partial charge on any atom is 0.326 e. The molecular formula is C12H15FN2O3. The fourth-order valence-corrected chi connectivity index (χ4v) is 1.43. The SMILES string of the molecule is CCCC(NC(=O)Nc1ccccc1F)C(=O)O. The predicted molar refractivity (Wildman–Crippen MR) is 64.9 cm³/mol. The lowest BCUT2D eigenvalue weighted by atomic mass is 10.2. The van der Waals surface area contributed by atoms with E-state index in [0.717, 1.165) is 0 Å². The van der Waals surface area contributed by atoms with Crippen LogP contribution in [0.25, 0.3) is 0 Å². The van der Waals surface area contributed by atoms with Crippen LogP contribution in [-0.4, -0.2) is 23.1 Å². The maximum atomic E-state index is 13.2. The molecule has 2 amide bonds. The zero-order valence-corrected chi connectivity index (χ0v) is 9.94. The van der Waals surface area contributed by atoms with Crippen molar-refractivity contribution in [2.75, 3.05) is 5.32 Å². The predicted octanol–water partition coefficient (Wildman–Crippen LogP) is 2.20. The highest BCUT2D eigenvalue weighted by Crippen LogP contribution is 2.12. The molecule has 6 heteroatoms. The van der Waals surface area contributed by atoms with Gasteiger partial charge in [0, 0.05) is 0 Å². The molecular weight excluding hydrogens is 239 g/mol. The van der Waals surface area contributed by atoms with Gasteiger partial charge in [-0.05, 0) is 18.6 Å². The highest BCUT2D eigenvalue weighted by Gasteiger charge is 2.19. The zero-order chi connectivity index (χ0) is 13.5. The Morgan fingerprint density at radius 3 is 2.61 bits per heavy atom. The number of carbonyl (C=O) groups is 2. The van der Waals surface area contributed by atoms with Crippen LogP contribution >= 0.6 is 0 Å². The average Bonchev–Trinajstić information content (AvgIpc) is 2.31. The van der Waals surface area contributed by atoms with E-state index in [1.54, 1.807) is 6.07 Å². The molecule has 0 saturated heterocycles. The van der Waals surface area contributed by atoms with E-state index >= 15 is 0 Å². The Hall–Kier alpha value is -2.11. The van der Waals surface area contributed by atoms with Crippen molar-refractivity contribution in [3.8, 4) is 0 Å². The Morgan fingerprint density at radius 2 is 2.06 bits per heavy atom. The smallest absolute Gasteiger partial charge is 0.326 e.